The van der Waals surface area contributed by atoms with Crippen LogP contribution in [-0.4, -0.2) is 30.7 Å². The quantitative estimate of drug-likeness (QED) is 0.347. The van der Waals surface area contributed by atoms with Crippen molar-refractivity contribution < 1.29 is 17.0 Å². The zero-order valence-corrected chi connectivity index (χ0v) is 21.6. The van der Waals surface area contributed by atoms with Crippen LogP contribution in [0.4, 0.5) is 0 Å². The van der Waals surface area contributed by atoms with E-state index in [-0.39, 0.29) is 17.0 Å². The normalized spacial score (nSPS) is 11.3. The molecule has 0 aromatic heterocycles. The zero-order chi connectivity index (χ0) is 21.1. The average molecular weight is 498 g/mol. The third-order valence-corrected chi connectivity index (χ3v) is 10.4. The van der Waals surface area contributed by atoms with Crippen LogP contribution in [0.25, 0.3) is 0 Å². The molecule has 0 aliphatic rings. The van der Waals surface area contributed by atoms with Gasteiger partial charge in [0.25, 0.3) is 0 Å². The standard InChI is InChI=1S/C28H37NP.BrH/c1-3-5-22-29(23-6-4-2)24-25-30(26-16-10-7-11-17-26,27-18-12-8-13-19-27)28-20-14-9-15-21-28;/h7-21H,3-6,22-25H2,1-2H3;1H/q+1;/p-1. The largest absolute Gasteiger partial charge is 1.00 e. The first-order valence-corrected chi connectivity index (χ1v) is 13.6. The molecule has 0 saturated heterocycles. The van der Waals surface area contributed by atoms with E-state index in [4.69, 9.17) is 0 Å². The van der Waals surface area contributed by atoms with Crippen molar-refractivity contribution in [2.24, 2.45) is 0 Å². The summed E-state index contributed by atoms with van der Waals surface area (Å²) in [6.07, 6.45) is 6.30. The Bertz CT molecular complexity index is 734. The Morgan fingerprint density at radius 1 is 0.548 bits per heavy atom. The van der Waals surface area contributed by atoms with E-state index in [0.717, 1.165) is 6.54 Å². The molecule has 0 aliphatic carbocycles. The van der Waals surface area contributed by atoms with Crippen LogP contribution in [0.3, 0.4) is 0 Å². The van der Waals surface area contributed by atoms with Crippen LogP contribution in [0, 0.1) is 0 Å². The summed E-state index contributed by atoms with van der Waals surface area (Å²) in [6.45, 7) is 8.19. The number of unbranched alkanes of at least 4 members (excludes halogenated alkanes) is 2. The minimum Gasteiger partial charge on any atom is -1.00 e. The molecule has 1 nitrogen and oxygen atoms in total. The zero-order valence-electron chi connectivity index (χ0n) is 19.1. The highest BCUT2D eigenvalue weighted by molar-refractivity contribution is 7.95. The molecule has 3 aromatic rings. The van der Waals surface area contributed by atoms with Gasteiger partial charge in [0.05, 0.1) is 6.16 Å². The molecular formula is C28H37BrNP. The second kappa shape index (κ2) is 13.8. The fourth-order valence-electron chi connectivity index (χ4n) is 4.27. The maximum Gasteiger partial charge on any atom is 0.113 e. The van der Waals surface area contributed by atoms with Crippen LogP contribution >= 0.6 is 7.26 Å². The highest BCUT2D eigenvalue weighted by atomic mass is 79.9. The van der Waals surface area contributed by atoms with E-state index in [1.807, 2.05) is 0 Å². The maximum absolute atomic E-state index is 2.72. The van der Waals surface area contributed by atoms with Gasteiger partial charge in [-0.3, -0.25) is 4.90 Å². The first kappa shape index (κ1) is 25.8. The van der Waals surface area contributed by atoms with E-state index in [9.17, 15) is 0 Å². The molecule has 3 heteroatoms. The van der Waals surface area contributed by atoms with Crippen LogP contribution in [0.15, 0.2) is 91.0 Å². The van der Waals surface area contributed by atoms with Crippen molar-refractivity contribution in [2.45, 2.75) is 39.5 Å². The molecule has 0 fully saturated rings. The molecule has 3 rings (SSSR count). The Balaban J connectivity index is 0.00000341. The fourth-order valence-corrected chi connectivity index (χ4v) is 8.57. The summed E-state index contributed by atoms with van der Waals surface area (Å²) >= 11 is 0. The number of benzene rings is 3. The van der Waals surface area contributed by atoms with Crippen molar-refractivity contribution in [1.29, 1.82) is 0 Å². The molecule has 166 valence electrons. The monoisotopic (exact) mass is 497 g/mol. The fraction of sp³-hybridized carbons (Fsp3) is 0.357. The average Bonchev–Trinajstić information content (AvgIpc) is 2.82. The van der Waals surface area contributed by atoms with Crippen LogP contribution in [0.5, 0.6) is 0 Å². The lowest BCUT2D eigenvalue weighted by Crippen LogP contribution is -3.00. The Hall–Kier alpha value is -1.47. The van der Waals surface area contributed by atoms with Gasteiger partial charge in [-0.25, -0.2) is 0 Å². The van der Waals surface area contributed by atoms with Gasteiger partial charge in [-0.2, -0.15) is 0 Å². The van der Waals surface area contributed by atoms with Gasteiger partial charge in [0.2, 0.25) is 0 Å². The van der Waals surface area contributed by atoms with Gasteiger partial charge in [0, 0.05) is 6.54 Å². The molecule has 0 bridgehead atoms. The summed E-state index contributed by atoms with van der Waals surface area (Å²) in [5.41, 5.74) is 0. The summed E-state index contributed by atoms with van der Waals surface area (Å²) in [5, 5.41) is 4.48. The Morgan fingerprint density at radius 2 is 0.903 bits per heavy atom. The SMILES string of the molecule is CCCCN(CCCC)CC[P+](c1ccccc1)(c1ccccc1)c1ccccc1.[Br-]. The van der Waals surface area contributed by atoms with Crippen molar-refractivity contribution >= 4 is 23.2 Å². The molecule has 31 heavy (non-hydrogen) atoms. The van der Waals surface area contributed by atoms with Crippen LogP contribution in [0.1, 0.15) is 39.5 Å². The molecular weight excluding hydrogens is 461 g/mol. The minimum atomic E-state index is -1.71. The third-order valence-electron chi connectivity index (χ3n) is 6.00. The van der Waals surface area contributed by atoms with Crippen LogP contribution < -0.4 is 32.9 Å². The van der Waals surface area contributed by atoms with Gasteiger partial charge in [-0.15, -0.1) is 0 Å². The van der Waals surface area contributed by atoms with Gasteiger partial charge >= 0.3 is 0 Å². The van der Waals surface area contributed by atoms with Crippen molar-refractivity contribution in [3.05, 3.63) is 91.0 Å². The summed E-state index contributed by atoms with van der Waals surface area (Å²) < 4.78 is 0. The Kier molecular flexibility index (Phi) is 11.5. The second-order valence-corrected chi connectivity index (χ2v) is 11.7. The van der Waals surface area contributed by atoms with Crippen molar-refractivity contribution in [2.75, 3.05) is 25.8 Å². The molecule has 0 unspecified atom stereocenters. The highest BCUT2D eigenvalue weighted by Crippen LogP contribution is 2.55. The molecule has 0 radical (unpaired) electrons. The van der Waals surface area contributed by atoms with Gasteiger partial charge < -0.3 is 17.0 Å². The summed E-state index contributed by atoms with van der Waals surface area (Å²) in [4.78, 5) is 2.72. The van der Waals surface area contributed by atoms with Crippen molar-refractivity contribution in [3.63, 3.8) is 0 Å². The number of rotatable bonds is 12. The first-order valence-electron chi connectivity index (χ1n) is 11.6. The molecule has 0 heterocycles. The smallest absolute Gasteiger partial charge is 0.113 e. The maximum atomic E-state index is 2.72. The molecule has 0 atom stereocenters. The second-order valence-electron chi connectivity index (χ2n) is 8.09. The number of nitrogens with zero attached hydrogens (tertiary/aromatic N) is 1. The number of hydrogen-bond donors (Lipinski definition) is 0. The molecule has 3 aromatic carbocycles. The van der Waals surface area contributed by atoms with Gasteiger partial charge in [-0.05, 0) is 62.3 Å². The molecule has 0 spiro atoms. The van der Waals surface area contributed by atoms with Gasteiger partial charge in [0.1, 0.15) is 23.2 Å². The molecule has 0 aliphatic heterocycles. The number of halogens is 1. The minimum absolute atomic E-state index is 0. The number of hydrogen-bond acceptors (Lipinski definition) is 1. The molecule has 0 amide bonds. The molecule has 0 N–H and O–H groups in total. The lowest BCUT2D eigenvalue weighted by molar-refractivity contribution is -0.00000612. The van der Waals surface area contributed by atoms with Crippen molar-refractivity contribution in [3.8, 4) is 0 Å². The Labute approximate surface area is 201 Å². The van der Waals surface area contributed by atoms with Crippen LogP contribution in [-0.2, 0) is 0 Å². The van der Waals surface area contributed by atoms with E-state index in [1.54, 1.807) is 0 Å². The van der Waals surface area contributed by atoms with E-state index in [2.05, 4.69) is 110 Å². The Morgan fingerprint density at radius 3 is 1.23 bits per heavy atom. The van der Waals surface area contributed by atoms with E-state index < -0.39 is 7.26 Å². The summed E-state index contributed by atoms with van der Waals surface area (Å²) in [7, 11) is -1.71. The van der Waals surface area contributed by atoms with Crippen LogP contribution in [0.2, 0.25) is 0 Å². The van der Waals surface area contributed by atoms with Gasteiger partial charge in [0.15, 0.2) is 0 Å². The predicted molar refractivity (Wildman–Crippen MR) is 136 cm³/mol. The van der Waals surface area contributed by atoms with Gasteiger partial charge in [-0.1, -0.05) is 81.3 Å². The van der Waals surface area contributed by atoms with E-state index >= 15 is 0 Å². The third kappa shape index (κ3) is 6.75. The van der Waals surface area contributed by atoms with Crippen molar-refractivity contribution in [1.82, 2.24) is 4.90 Å². The van der Waals surface area contributed by atoms with E-state index in [0.29, 0.717) is 0 Å². The lowest BCUT2D eigenvalue weighted by Gasteiger charge is -2.30. The van der Waals surface area contributed by atoms with E-state index in [1.165, 1.54) is 60.8 Å². The molecule has 0 saturated carbocycles. The summed E-state index contributed by atoms with van der Waals surface area (Å²) in [5.74, 6) is 0. The highest BCUT2D eigenvalue weighted by Gasteiger charge is 2.45. The lowest BCUT2D eigenvalue weighted by atomic mass is 10.2. The summed E-state index contributed by atoms with van der Waals surface area (Å²) in [6, 6.07) is 33.8. The first-order chi connectivity index (χ1) is 14.8. The topological polar surface area (TPSA) is 3.24 Å². The predicted octanol–water partition coefficient (Wildman–Crippen LogP) is 2.89.